The van der Waals surface area contributed by atoms with Crippen molar-refractivity contribution >= 4 is 6.09 Å². The Morgan fingerprint density at radius 1 is 1.33 bits per heavy atom. The molecule has 2 unspecified atom stereocenters. The minimum Gasteiger partial charge on any atom is -0.444 e. The van der Waals surface area contributed by atoms with Crippen LogP contribution in [0.1, 0.15) is 53.9 Å². The van der Waals surface area contributed by atoms with Gasteiger partial charge in [0.05, 0.1) is 0 Å². The van der Waals surface area contributed by atoms with Gasteiger partial charge in [0, 0.05) is 31.2 Å². The quantitative estimate of drug-likeness (QED) is 0.643. The Bertz CT molecular complexity index is 331. The van der Waals surface area contributed by atoms with Gasteiger partial charge < -0.3 is 20.5 Å². The Labute approximate surface area is 128 Å². The number of hydrogen-bond donors (Lipinski definition) is 3. The molecule has 1 amide bonds. The van der Waals surface area contributed by atoms with Gasteiger partial charge in [0.1, 0.15) is 5.60 Å². The van der Waals surface area contributed by atoms with Gasteiger partial charge in [-0.15, -0.1) is 0 Å². The molecule has 0 spiro atoms. The molecule has 0 aromatic heterocycles. The molecule has 21 heavy (non-hydrogen) atoms. The van der Waals surface area contributed by atoms with Crippen molar-refractivity contribution in [3.05, 3.63) is 0 Å². The molecule has 5 heteroatoms. The van der Waals surface area contributed by atoms with E-state index in [1.165, 1.54) is 0 Å². The van der Waals surface area contributed by atoms with E-state index >= 15 is 0 Å². The van der Waals surface area contributed by atoms with E-state index in [2.05, 4.69) is 24.5 Å². The van der Waals surface area contributed by atoms with Crippen LogP contribution in [0.15, 0.2) is 0 Å². The average Bonchev–Trinajstić information content (AvgIpc) is 3.19. The van der Waals surface area contributed by atoms with Gasteiger partial charge in [-0.25, -0.2) is 4.79 Å². The van der Waals surface area contributed by atoms with Crippen molar-refractivity contribution in [1.29, 1.82) is 0 Å². The van der Waals surface area contributed by atoms with Crippen molar-refractivity contribution in [2.75, 3.05) is 19.7 Å². The number of nitrogens with one attached hydrogen (secondary N) is 2. The van der Waals surface area contributed by atoms with Crippen LogP contribution < -0.4 is 10.6 Å². The average molecular weight is 300 g/mol. The first kappa shape index (κ1) is 18.2. The van der Waals surface area contributed by atoms with Gasteiger partial charge in [0.25, 0.3) is 0 Å². The molecule has 0 saturated heterocycles. The van der Waals surface area contributed by atoms with E-state index in [0.29, 0.717) is 5.92 Å². The Hall–Kier alpha value is -0.810. The molecular formula is C16H32N2O3. The minimum absolute atomic E-state index is 0.0972. The molecule has 0 aromatic rings. The first-order valence-electron chi connectivity index (χ1n) is 8.00. The molecule has 0 heterocycles. The van der Waals surface area contributed by atoms with Crippen LogP contribution in [0.3, 0.4) is 0 Å². The zero-order valence-electron chi connectivity index (χ0n) is 14.2. The number of aliphatic hydroxyl groups excluding tert-OH is 1. The van der Waals surface area contributed by atoms with Gasteiger partial charge in [-0.05, 0) is 46.0 Å². The van der Waals surface area contributed by atoms with Gasteiger partial charge in [-0.3, -0.25) is 0 Å². The molecule has 1 saturated carbocycles. The number of amides is 1. The predicted molar refractivity (Wildman–Crippen MR) is 84.2 cm³/mol. The Morgan fingerprint density at radius 3 is 2.38 bits per heavy atom. The second-order valence-electron chi connectivity index (χ2n) is 7.54. The second kappa shape index (κ2) is 7.45. The summed E-state index contributed by atoms with van der Waals surface area (Å²) in [6.45, 7) is 11.4. The van der Waals surface area contributed by atoms with E-state index in [1.54, 1.807) is 0 Å². The van der Waals surface area contributed by atoms with Crippen LogP contribution in [-0.2, 0) is 4.74 Å². The molecule has 3 N–H and O–H groups in total. The van der Waals surface area contributed by atoms with Gasteiger partial charge in [0.2, 0.25) is 0 Å². The lowest BCUT2D eigenvalue weighted by Crippen LogP contribution is -2.47. The van der Waals surface area contributed by atoms with Crippen LogP contribution >= 0.6 is 0 Å². The van der Waals surface area contributed by atoms with Crippen molar-refractivity contribution < 1.29 is 14.6 Å². The number of ether oxygens (including phenoxy) is 1. The molecule has 1 aliphatic carbocycles. The number of carbonyl (C=O) groups excluding carboxylic acids is 1. The third-order valence-electron chi connectivity index (χ3n) is 4.04. The van der Waals surface area contributed by atoms with Gasteiger partial charge in [0.15, 0.2) is 0 Å². The molecule has 5 nitrogen and oxygen atoms in total. The molecule has 1 aliphatic rings. The Morgan fingerprint density at radius 2 is 1.95 bits per heavy atom. The second-order valence-corrected chi connectivity index (χ2v) is 7.54. The Kier molecular flexibility index (Phi) is 6.47. The molecule has 124 valence electrons. The third kappa shape index (κ3) is 7.14. The van der Waals surface area contributed by atoms with Crippen LogP contribution in [0, 0.1) is 11.3 Å². The summed E-state index contributed by atoms with van der Waals surface area (Å²) in [7, 11) is 0. The maximum absolute atomic E-state index is 11.9. The first-order chi connectivity index (χ1) is 9.69. The van der Waals surface area contributed by atoms with Gasteiger partial charge in [-0.2, -0.15) is 0 Å². The fourth-order valence-electron chi connectivity index (χ4n) is 2.12. The van der Waals surface area contributed by atoms with Crippen LogP contribution in [0.4, 0.5) is 4.79 Å². The predicted octanol–water partition coefficient (Wildman–Crippen LogP) is 2.29. The number of alkyl carbamates (subject to hydrolysis) is 1. The van der Waals surface area contributed by atoms with Crippen LogP contribution in [0.2, 0.25) is 0 Å². The summed E-state index contributed by atoms with van der Waals surface area (Å²) < 4.78 is 5.32. The van der Waals surface area contributed by atoms with Crippen LogP contribution in [0.5, 0.6) is 0 Å². The maximum Gasteiger partial charge on any atom is 0.407 e. The monoisotopic (exact) mass is 300 g/mol. The van der Waals surface area contributed by atoms with Gasteiger partial charge in [-0.1, -0.05) is 13.8 Å². The summed E-state index contributed by atoms with van der Waals surface area (Å²) in [5, 5.41) is 15.8. The van der Waals surface area contributed by atoms with E-state index in [1.807, 2.05) is 20.8 Å². The smallest absolute Gasteiger partial charge is 0.407 e. The van der Waals surface area contributed by atoms with Crippen LogP contribution in [-0.4, -0.2) is 42.5 Å². The fraction of sp³-hybridized carbons (Fsp3) is 0.938. The maximum atomic E-state index is 11.9. The van der Waals surface area contributed by atoms with E-state index in [0.717, 1.165) is 32.4 Å². The molecule has 0 aliphatic heterocycles. The molecule has 0 bridgehead atoms. The number of hydrogen-bond acceptors (Lipinski definition) is 4. The third-order valence-corrected chi connectivity index (χ3v) is 4.04. The molecule has 1 rings (SSSR count). The number of carbonyl (C=O) groups is 1. The van der Waals surface area contributed by atoms with Crippen molar-refractivity contribution in [3.8, 4) is 0 Å². The van der Waals surface area contributed by atoms with E-state index in [-0.39, 0.29) is 24.2 Å². The SMILES string of the molecule is CCC(C)(CO)CNCC(NC(=O)OC(C)(C)C)C1CC1. The summed E-state index contributed by atoms with van der Waals surface area (Å²) in [6.07, 6.45) is 2.89. The molecule has 1 fully saturated rings. The minimum atomic E-state index is -0.469. The highest BCUT2D eigenvalue weighted by molar-refractivity contribution is 5.68. The van der Waals surface area contributed by atoms with Crippen molar-refractivity contribution in [1.82, 2.24) is 10.6 Å². The summed E-state index contributed by atoms with van der Waals surface area (Å²) in [4.78, 5) is 11.9. The largest absolute Gasteiger partial charge is 0.444 e. The zero-order chi connectivity index (χ0) is 16.1. The highest BCUT2D eigenvalue weighted by Gasteiger charge is 2.33. The molecule has 2 atom stereocenters. The molecule has 0 radical (unpaired) electrons. The summed E-state index contributed by atoms with van der Waals surface area (Å²) in [6, 6.07) is 0.111. The lowest BCUT2D eigenvalue weighted by Gasteiger charge is -2.28. The lowest BCUT2D eigenvalue weighted by atomic mass is 9.88. The molecule has 0 aromatic carbocycles. The first-order valence-corrected chi connectivity index (χ1v) is 8.00. The van der Waals surface area contributed by atoms with Gasteiger partial charge >= 0.3 is 6.09 Å². The van der Waals surface area contributed by atoms with E-state index in [9.17, 15) is 9.90 Å². The van der Waals surface area contributed by atoms with Crippen molar-refractivity contribution in [2.45, 2.75) is 65.5 Å². The van der Waals surface area contributed by atoms with Crippen molar-refractivity contribution in [2.24, 2.45) is 11.3 Å². The summed E-state index contributed by atoms with van der Waals surface area (Å²) in [5.74, 6) is 0.548. The lowest BCUT2D eigenvalue weighted by molar-refractivity contribution is 0.0495. The highest BCUT2D eigenvalue weighted by Crippen LogP contribution is 2.32. The summed E-state index contributed by atoms with van der Waals surface area (Å²) >= 11 is 0. The normalized spacial score (nSPS) is 19.7. The number of aliphatic hydroxyl groups is 1. The van der Waals surface area contributed by atoms with E-state index < -0.39 is 5.60 Å². The fourth-order valence-corrected chi connectivity index (χ4v) is 2.12. The van der Waals surface area contributed by atoms with E-state index in [4.69, 9.17) is 4.74 Å². The number of rotatable bonds is 8. The highest BCUT2D eigenvalue weighted by atomic mass is 16.6. The molecular weight excluding hydrogens is 268 g/mol. The van der Waals surface area contributed by atoms with Crippen molar-refractivity contribution in [3.63, 3.8) is 0 Å². The standard InChI is InChI=1S/C16H32N2O3/c1-6-16(5,11-19)10-17-9-13(12-7-8-12)18-14(20)21-15(2,3)4/h12-13,17,19H,6-11H2,1-5H3,(H,18,20). The Balaban J connectivity index is 2.39. The zero-order valence-corrected chi connectivity index (χ0v) is 14.2. The summed E-state index contributed by atoms with van der Waals surface area (Å²) in [5.41, 5.74) is -0.566. The van der Waals surface area contributed by atoms with Crippen LogP contribution in [0.25, 0.3) is 0 Å². The topological polar surface area (TPSA) is 70.6 Å².